The van der Waals surface area contributed by atoms with Crippen molar-refractivity contribution < 1.29 is 0 Å². The van der Waals surface area contributed by atoms with Gasteiger partial charge in [0.05, 0.1) is 0 Å². The van der Waals surface area contributed by atoms with E-state index in [4.69, 9.17) is 11.6 Å². The molecule has 14 heavy (non-hydrogen) atoms. The van der Waals surface area contributed by atoms with Gasteiger partial charge >= 0.3 is 0 Å². The first-order valence-corrected chi connectivity index (χ1v) is 6.60. The van der Waals surface area contributed by atoms with Crippen molar-refractivity contribution in [3.05, 3.63) is 22.4 Å². The Bertz CT molecular complexity index is 252. The van der Waals surface area contributed by atoms with E-state index in [0.717, 1.165) is 12.8 Å². The first-order chi connectivity index (χ1) is 6.84. The van der Waals surface area contributed by atoms with Gasteiger partial charge in [-0.05, 0) is 54.7 Å². The fourth-order valence-corrected chi connectivity index (χ4v) is 2.75. The van der Waals surface area contributed by atoms with E-state index in [-0.39, 0.29) is 0 Å². The van der Waals surface area contributed by atoms with E-state index >= 15 is 0 Å². The molecule has 1 fully saturated rings. The van der Waals surface area contributed by atoms with E-state index in [1.165, 1.54) is 31.6 Å². The smallest absolute Gasteiger partial charge is 0.0360 e. The molecule has 1 nitrogen and oxygen atoms in total. The maximum absolute atomic E-state index is 6.06. The Balaban J connectivity index is 1.71. The van der Waals surface area contributed by atoms with Crippen molar-refractivity contribution in [2.24, 2.45) is 0 Å². The Hall–Kier alpha value is -0.0500. The van der Waals surface area contributed by atoms with Crippen LogP contribution in [0.2, 0.25) is 0 Å². The zero-order valence-electron chi connectivity index (χ0n) is 8.29. The summed E-state index contributed by atoms with van der Waals surface area (Å²) >= 11 is 7.84. The van der Waals surface area contributed by atoms with Gasteiger partial charge in [-0.15, -0.1) is 11.6 Å². The fraction of sp³-hybridized carbons (Fsp3) is 0.636. The Morgan fingerprint density at radius 3 is 2.86 bits per heavy atom. The average molecular weight is 230 g/mol. The lowest BCUT2D eigenvalue weighted by molar-refractivity contribution is 0.234. The van der Waals surface area contributed by atoms with Crippen molar-refractivity contribution in [2.75, 3.05) is 19.6 Å². The van der Waals surface area contributed by atoms with Gasteiger partial charge in [-0.2, -0.15) is 11.3 Å². The maximum Gasteiger partial charge on any atom is 0.0360 e. The van der Waals surface area contributed by atoms with Crippen LogP contribution in [0.4, 0.5) is 0 Å². The van der Waals surface area contributed by atoms with E-state index in [9.17, 15) is 0 Å². The molecule has 0 atom stereocenters. The van der Waals surface area contributed by atoms with Crippen molar-refractivity contribution >= 4 is 22.9 Å². The fourth-order valence-electron chi connectivity index (χ4n) is 1.85. The Labute approximate surface area is 94.7 Å². The lowest BCUT2D eigenvalue weighted by Crippen LogP contribution is -2.35. The number of likely N-dealkylation sites (tertiary alicyclic amines) is 1. The SMILES string of the molecule is ClC1CCN(CCc2ccsc2)CC1. The summed E-state index contributed by atoms with van der Waals surface area (Å²) in [7, 11) is 0. The maximum atomic E-state index is 6.06. The highest BCUT2D eigenvalue weighted by Gasteiger charge is 2.16. The van der Waals surface area contributed by atoms with Crippen molar-refractivity contribution in [1.82, 2.24) is 4.90 Å². The van der Waals surface area contributed by atoms with Crippen molar-refractivity contribution in [3.8, 4) is 0 Å². The third kappa shape index (κ3) is 2.97. The second-order valence-corrected chi connectivity index (χ2v) is 5.30. The first-order valence-electron chi connectivity index (χ1n) is 5.22. The normalized spacial score (nSPS) is 20.1. The van der Waals surface area contributed by atoms with Crippen LogP contribution in [0.3, 0.4) is 0 Å². The van der Waals surface area contributed by atoms with Gasteiger partial charge in [0.2, 0.25) is 0 Å². The van der Waals surface area contributed by atoms with E-state index in [1.807, 2.05) is 0 Å². The minimum absolute atomic E-state index is 0.424. The molecule has 3 heteroatoms. The Morgan fingerprint density at radius 2 is 2.21 bits per heavy atom. The Kier molecular flexibility index (Phi) is 3.85. The molecular weight excluding hydrogens is 214 g/mol. The average Bonchev–Trinajstić information content (AvgIpc) is 2.70. The van der Waals surface area contributed by atoms with Crippen LogP contribution in [-0.2, 0) is 6.42 Å². The third-order valence-corrected chi connectivity index (χ3v) is 3.98. The molecule has 0 saturated carbocycles. The monoisotopic (exact) mass is 229 g/mol. The van der Waals surface area contributed by atoms with Gasteiger partial charge in [-0.3, -0.25) is 0 Å². The molecule has 0 aromatic carbocycles. The number of halogens is 1. The van der Waals surface area contributed by atoms with Crippen LogP contribution in [0.25, 0.3) is 0 Å². The highest BCUT2D eigenvalue weighted by Crippen LogP contribution is 2.16. The van der Waals surface area contributed by atoms with Gasteiger partial charge in [0.15, 0.2) is 0 Å². The molecule has 1 aromatic heterocycles. The predicted octanol–water partition coefficient (Wildman–Crippen LogP) is 2.99. The van der Waals surface area contributed by atoms with Crippen LogP contribution in [-0.4, -0.2) is 29.9 Å². The van der Waals surface area contributed by atoms with E-state index in [1.54, 1.807) is 11.3 Å². The van der Waals surface area contributed by atoms with Crippen LogP contribution in [0.15, 0.2) is 16.8 Å². The number of hydrogen-bond donors (Lipinski definition) is 0. The van der Waals surface area contributed by atoms with Crippen LogP contribution < -0.4 is 0 Å². The Morgan fingerprint density at radius 1 is 1.43 bits per heavy atom. The summed E-state index contributed by atoms with van der Waals surface area (Å²) in [5, 5.41) is 4.82. The minimum Gasteiger partial charge on any atom is -0.303 e. The van der Waals surface area contributed by atoms with Crippen molar-refractivity contribution in [3.63, 3.8) is 0 Å². The molecule has 0 N–H and O–H groups in total. The molecular formula is C11H16ClNS. The van der Waals surface area contributed by atoms with Crippen LogP contribution in [0.5, 0.6) is 0 Å². The number of thiophene rings is 1. The third-order valence-electron chi connectivity index (χ3n) is 2.81. The molecule has 1 aliphatic heterocycles. The van der Waals surface area contributed by atoms with E-state index in [0.29, 0.717) is 5.38 Å². The van der Waals surface area contributed by atoms with Crippen LogP contribution >= 0.6 is 22.9 Å². The van der Waals surface area contributed by atoms with Gasteiger partial charge in [-0.25, -0.2) is 0 Å². The number of piperidine rings is 1. The number of rotatable bonds is 3. The topological polar surface area (TPSA) is 3.24 Å². The highest BCUT2D eigenvalue weighted by atomic mass is 35.5. The summed E-state index contributed by atoms with van der Waals surface area (Å²) < 4.78 is 0. The van der Waals surface area contributed by atoms with Crippen LogP contribution in [0.1, 0.15) is 18.4 Å². The first kappa shape index (κ1) is 10.5. The molecule has 1 saturated heterocycles. The second kappa shape index (κ2) is 5.15. The number of hydrogen-bond acceptors (Lipinski definition) is 2. The molecule has 78 valence electrons. The van der Waals surface area contributed by atoms with Gasteiger partial charge in [0.25, 0.3) is 0 Å². The summed E-state index contributed by atoms with van der Waals surface area (Å²) in [5.74, 6) is 0. The predicted molar refractivity (Wildman–Crippen MR) is 63.3 cm³/mol. The van der Waals surface area contributed by atoms with Crippen LogP contribution in [0, 0.1) is 0 Å². The lowest BCUT2D eigenvalue weighted by atomic mass is 10.1. The lowest BCUT2D eigenvalue weighted by Gasteiger charge is -2.28. The molecule has 0 unspecified atom stereocenters. The summed E-state index contributed by atoms with van der Waals surface area (Å²) in [6, 6.07) is 2.22. The molecule has 1 aromatic rings. The molecule has 0 radical (unpaired) electrons. The van der Waals surface area contributed by atoms with E-state index in [2.05, 4.69) is 21.7 Å². The quantitative estimate of drug-likeness (QED) is 0.721. The summed E-state index contributed by atoms with van der Waals surface area (Å²) in [6.07, 6.45) is 3.51. The second-order valence-electron chi connectivity index (χ2n) is 3.90. The molecule has 2 rings (SSSR count). The summed E-state index contributed by atoms with van der Waals surface area (Å²) in [5.41, 5.74) is 1.47. The van der Waals surface area contributed by atoms with Gasteiger partial charge in [0.1, 0.15) is 0 Å². The van der Waals surface area contributed by atoms with E-state index < -0.39 is 0 Å². The van der Waals surface area contributed by atoms with Crippen molar-refractivity contribution in [2.45, 2.75) is 24.6 Å². The number of alkyl halides is 1. The molecule has 0 amide bonds. The van der Waals surface area contributed by atoms with Gasteiger partial charge in [0, 0.05) is 11.9 Å². The summed E-state index contributed by atoms with van der Waals surface area (Å²) in [4.78, 5) is 2.52. The molecule has 0 aliphatic carbocycles. The number of nitrogens with zero attached hydrogens (tertiary/aromatic N) is 1. The molecule has 2 heterocycles. The standard InChI is InChI=1S/C11H16ClNS/c12-11-2-6-13(7-3-11)5-1-10-4-8-14-9-10/h4,8-9,11H,1-3,5-7H2. The zero-order chi connectivity index (χ0) is 9.80. The van der Waals surface area contributed by atoms with Crippen molar-refractivity contribution in [1.29, 1.82) is 0 Å². The van der Waals surface area contributed by atoms with Gasteiger partial charge < -0.3 is 4.90 Å². The zero-order valence-corrected chi connectivity index (χ0v) is 9.86. The van der Waals surface area contributed by atoms with Gasteiger partial charge in [-0.1, -0.05) is 0 Å². The molecule has 0 spiro atoms. The molecule has 1 aliphatic rings. The highest BCUT2D eigenvalue weighted by molar-refractivity contribution is 7.07. The largest absolute Gasteiger partial charge is 0.303 e. The molecule has 0 bridgehead atoms. The minimum atomic E-state index is 0.424. The summed E-state index contributed by atoms with van der Waals surface area (Å²) in [6.45, 7) is 3.55.